The first-order chi connectivity index (χ1) is 19.1. The zero-order valence-corrected chi connectivity index (χ0v) is 25.0. The Kier molecular flexibility index (Phi) is 10.5. The number of carbonyl (C=O) groups excluding carboxylic acids is 1. The topological polar surface area (TPSA) is 71.0 Å². The summed E-state index contributed by atoms with van der Waals surface area (Å²) in [5.41, 5.74) is 4.84. The van der Waals surface area contributed by atoms with Crippen LogP contribution < -0.4 is 5.32 Å². The summed E-state index contributed by atoms with van der Waals surface area (Å²) in [6.45, 7) is 5.28. The fourth-order valence-electron chi connectivity index (χ4n) is 4.83. The van der Waals surface area contributed by atoms with Gasteiger partial charge >= 0.3 is 0 Å². The first-order valence-electron chi connectivity index (χ1n) is 13.3. The summed E-state index contributed by atoms with van der Waals surface area (Å²) in [6.07, 6.45) is -0.908. The lowest BCUT2D eigenvalue weighted by Gasteiger charge is -2.43. The number of carbonyl (C=O) groups is 1. The van der Waals surface area contributed by atoms with Crippen molar-refractivity contribution in [2.75, 3.05) is 13.6 Å². The summed E-state index contributed by atoms with van der Waals surface area (Å²) in [6, 6.07) is 26.1. The van der Waals surface area contributed by atoms with Crippen LogP contribution in [0.25, 0.3) is 0 Å². The number of hydrogen-bond acceptors (Lipinski definition) is 5. The zero-order valence-electron chi connectivity index (χ0n) is 22.8. The lowest BCUT2D eigenvalue weighted by molar-refractivity contribution is -0.276. The predicted molar refractivity (Wildman–Crippen MR) is 159 cm³/mol. The molecule has 1 fully saturated rings. The normalized spacial score (nSPS) is 22.2. The number of nitrogens with zero attached hydrogens (tertiary/aromatic N) is 1. The Balaban J connectivity index is 1.53. The molecule has 0 spiro atoms. The fraction of sp³-hybridized carbons (Fsp3) is 0.387. The molecule has 0 aliphatic carbocycles. The molecule has 1 saturated heterocycles. The van der Waals surface area contributed by atoms with Gasteiger partial charge in [0.1, 0.15) is 0 Å². The van der Waals surface area contributed by atoms with Gasteiger partial charge in [0.2, 0.25) is 0 Å². The first-order valence-corrected chi connectivity index (χ1v) is 14.4. The lowest BCUT2D eigenvalue weighted by Crippen LogP contribution is -2.44. The Morgan fingerprint density at radius 1 is 0.950 bits per heavy atom. The number of benzene rings is 3. The first kappa shape index (κ1) is 30.8. The summed E-state index contributed by atoms with van der Waals surface area (Å²) in [4.78, 5) is 14.2. The molecule has 9 heteroatoms. The van der Waals surface area contributed by atoms with Crippen LogP contribution in [-0.4, -0.2) is 39.4 Å². The van der Waals surface area contributed by atoms with Crippen LogP contribution in [0.3, 0.4) is 0 Å². The highest BCUT2D eigenvalue weighted by Crippen LogP contribution is 2.42. The molecule has 1 heterocycles. The average molecular weight is 606 g/mol. The Morgan fingerprint density at radius 3 is 2.15 bits per heavy atom. The minimum Gasteiger partial charge on any atom is -0.392 e. The minimum absolute atomic E-state index is 0.00759. The van der Waals surface area contributed by atoms with E-state index in [0.29, 0.717) is 6.54 Å². The number of likely N-dealkylation sites (N-methyl/N-ethyl adjacent to an activating group) is 1. The van der Waals surface area contributed by atoms with Gasteiger partial charge in [-0.15, -0.1) is 0 Å². The van der Waals surface area contributed by atoms with E-state index in [1.54, 1.807) is 0 Å². The van der Waals surface area contributed by atoms with Gasteiger partial charge in [-0.1, -0.05) is 121 Å². The molecular formula is C31H35Cl3N2O4. The van der Waals surface area contributed by atoms with Crippen molar-refractivity contribution in [2.24, 2.45) is 5.92 Å². The molecule has 0 bridgehead atoms. The van der Waals surface area contributed by atoms with E-state index in [-0.39, 0.29) is 37.3 Å². The predicted octanol–water partition coefficient (Wildman–Crippen LogP) is 6.65. The highest BCUT2D eigenvalue weighted by atomic mass is 35.6. The molecule has 5 atom stereocenters. The van der Waals surface area contributed by atoms with Gasteiger partial charge in [-0.2, -0.15) is 0 Å². The number of amides is 1. The van der Waals surface area contributed by atoms with Gasteiger partial charge in [0.25, 0.3) is 9.70 Å². The molecule has 1 aliphatic heterocycles. The van der Waals surface area contributed by atoms with Crippen molar-refractivity contribution < 1.29 is 19.4 Å². The van der Waals surface area contributed by atoms with E-state index >= 15 is 0 Å². The number of ether oxygens (including phenoxy) is 2. The van der Waals surface area contributed by atoms with E-state index in [0.717, 1.165) is 22.3 Å². The molecular weight excluding hydrogens is 571 g/mol. The van der Waals surface area contributed by atoms with Crippen LogP contribution in [-0.2, 0) is 27.4 Å². The van der Waals surface area contributed by atoms with Gasteiger partial charge in [-0.3, -0.25) is 9.69 Å². The minimum atomic E-state index is -2.01. The highest BCUT2D eigenvalue weighted by Gasteiger charge is 2.39. The second kappa shape index (κ2) is 13.7. The molecule has 6 nitrogen and oxygen atoms in total. The molecule has 40 heavy (non-hydrogen) atoms. The van der Waals surface area contributed by atoms with Crippen molar-refractivity contribution in [1.82, 2.24) is 10.2 Å². The molecule has 2 N–H and O–H groups in total. The van der Waals surface area contributed by atoms with Gasteiger partial charge in [-0.05, 0) is 36.2 Å². The van der Waals surface area contributed by atoms with Crippen LogP contribution in [0, 0.1) is 5.92 Å². The average Bonchev–Trinajstić information content (AvgIpc) is 2.96. The van der Waals surface area contributed by atoms with Crippen molar-refractivity contribution in [1.29, 1.82) is 0 Å². The number of halogens is 3. The highest BCUT2D eigenvalue weighted by molar-refractivity contribution is 6.76. The summed E-state index contributed by atoms with van der Waals surface area (Å²) in [7, 11) is 2.11. The van der Waals surface area contributed by atoms with Gasteiger partial charge < -0.3 is 19.9 Å². The number of nitrogens with one attached hydrogen (secondary N) is 1. The van der Waals surface area contributed by atoms with E-state index in [2.05, 4.69) is 55.4 Å². The molecule has 0 radical (unpaired) electrons. The zero-order chi connectivity index (χ0) is 28.9. The fourth-order valence-corrected chi connectivity index (χ4v) is 5.03. The van der Waals surface area contributed by atoms with Gasteiger partial charge in [0.05, 0.1) is 18.8 Å². The van der Waals surface area contributed by atoms with Crippen molar-refractivity contribution in [2.45, 2.75) is 55.3 Å². The molecule has 5 unspecified atom stereocenters. The van der Waals surface area contributed by atoms with Crippen LogP contribution in [0.1, 0.15) is 60.1 Å². The largest absolute Gasteiger partial charge is 0.392 e. The molecule has 1 aliphatic rings. The van der Waals surface area contributed by atoms with Crippen LogP contribution >= 0.6 is 34.8 Å². The van der Waals surface area contributed by atoms with E-state index in [1.807, 2.05) is 54.6 Å². The Bertz CT molecular complexity index is 1240. The van der Waals surface area contributed by atoms with Crippen LogP contribution in [0.5, 0.6) is 0 Å². The van der Waals surface area contributed by atoms with E-state index in [9.17, 15) is 9.90 Å². The Hall–Kier alpha value is -2.16. The maximum Gasteiger partial charge on any atom is 0.272 e. The van der Waals surface area contributed by atoms with Crippen molar-refractivity contribution in [3.05, 3.63) is 107 Å². The summed E-state index contributed by atoms with van der Waals surface area (Å²) < 4.78 is 11.1. The van der Waals surface area contributed by atoms with Crippen molar-refractivity contribution in [3.8, 4) is 0 Å². The number of rotatable bonds is 9. The van der Waals surface area contributed by atoms with Crippen LogP contribution in [0.15, 0.2) is 78.9 Å². The van der Waals surface area contributed by atoms with E-state index < -0.39 is 16.0 Å². The second-order valence-electron chi connectivity index (χ2n) is 10.3. The van der Waals surface area contributed by atoms with E-state index in [1.165, 1.54) is 5.56 Å². The number of aliphatic hydroxyl groups excluding tert-OH is 1. The maximum atomic E-state index is 11.9. The molecule has 3 aromatic rings. The SMILES string of the molecule is CC1C(CN(C)C(C)c2ccccc2)OC(c2ccc(CNC(=O)C(Cl)(Cl)Cl)cc2)OC1c1ccc(CO)cc1. The maximum absolute atomic E-state index is 11.9. The molecule has 4 rings (SSSR count). The number of alkyl halides is 3. The standard InChI is InChI=1S/C31H35Cl3N2O4/c1-20-27(18-36(3)21(2)24-7-5-4-6-8-24)39-29(40-28(20)25-13-11-23(19-37)12-14-25)26-15-9-22(10-16-26)17-35-30(38)31(32,33)34/h4-16,20-21,27-29,37H,17-19H2,1-3H3,(H,35,38). The second-order valence-corrected chi connectivity index (χ2v) is 12.6. The molecule has 3 aromatic carbocycles. The third-order valence-electron chi connectivity index (χ3n) is 7.50. The third-order valence-corrected chi connectivity index (χ3v) is 8.01. The Morgan fingerprint density at radius 2 is 1.55 bits per heavy atom. The third kappa shape index (κ3) is 7.77. The van der Waals surface area contributed by atoms with E-state index in [4.69, 9.17) is 44.3 Å². The smallest absolute Gasteiger partial charge is 0.272 e. The molecule has 0 aromatic heterocycles. The number of aliphatic hydroxyl groups is 1. The lowest BCUT2D eigenvalue weighted by atomic mass is 9.89. The van der Waals surface area contributed by atoms with Crippen LogP contribution in [0.2, 0.25) is 0 Å². The summed E-state index contributed by atoms with van der Waals surface area (Å²) in [5, 5.41) is 12.1. The summed E-state index contributed by atoms with van der Waals surface area (Å²) >= 11 is 16.9. The number of hydrogen-bond donors (Lipinski definition) is 2. The van der Waals surface area contributed by atoms with Crippen LogP contribution in [0.4, 0.5) is 0 Å². The quantitative estimate of drug-likeness (QED) is 0.267. The molecule has 1 amide bonds. The van der Waals surface area contributed by atoms with Crippen molar-refractivity contribution >= 4 is 40.7 Å². The van der Waals surface area contributed by atoms with Gasteiger partial charge in [0.15, 0.2) is 6.29 Å². The molecule has 0 saturated carbocycles. The van der Waals surface area contributed by atoms with Gasteiger partial charge in [-0.25, -0.2) is 0 Å². The summed E-state index contributed by atoms with van der Waals surface area (Å²) in [5.74, 6) is -0.612. The Labute approximate surface area is 251 Å². The molecule has 214 valence electrons. The van der Waals surface area contributed by atoms with Gasteiger partial charge in [0, 0.05) is 30.6 Å². The monoisotopic (exact) mass is 604 g/mol. The van der Waals surface area contributed by atoms with Crippen molar-refractivity contribution in [3.63, 3.8) is 0 Å².